The highest BCUT2D eigenvalue weighted by Crippen LogP contribution is 2.29. The quantitative estimate of drug-likeness (QED) is 0.854. The number of carbonyl (C=O) groups is 1. The third-order valence-electron chi connectivity index (χ3n) is 5.42. The van der Waals surface area contributed by atoms with Gasteiger partial charge in [0.05, 0.1) is 7.11 Å². The van der Waals surface area contributed by atoms with Crippen molar-refractivity contribution in [2.45, 2.75) is 52.0 Å². The van der Waals surface area contributed by atoms with Crippen LogP contribution in [0.5, 0.6) is 5.75 Å². The van der Waals surface area contributed by atoms with Crippen molar-refractivity contribution in [3.8, 4) is 17.1 Å². The molecule has 26 heavy (non-hydrogen) atoms. The Bertz CT molecular complexity index is 743. The molecular weight excluding hydrogens is 330 g/mol. The molecule has 0 spiro atoms. The third-order valence-corrected chi connectivity index (χ3v) is 5.42. The summed E-state index contributed by atoms with van der Waals surface area (Å²) in [5.41, 5.74) is 0.828. The number of benzene rings is 1. The Morgan fingerprint density at radius 3 is 3.00 bits per heavy atom. The average molecular weight is 357 g/mol. The first kappa shape index (κ1) is 18.4. The van der Waals surface area contributed by atoms with Gasteiger partial charge in [-0.3, -0.25) is 4.79 Å². The molecule has 1 amide bonds. The summed E-state index contributed by atoms with van der Waals surface area (Å²) in [4.78, 5) is 16.7. The normalized spacial score (nSPS) is 22.8. The lowest BCUT2D eigenvalue weighted by atomic mass is 9.78. The van der Waals surface area contributed by atoms with Crippen LogP contribution in [0.2, 0.25) is 0 Å². The minimum absolute atomic E-state index is 0.0529. The number of hydrogen-bond acceptors (Lipinski definition) is 5. The summed E-state index contributed by atoms with van der Waals surface area (Å²) in [6.07, 6.45) is 4.31. The fourth-order valence-corrected chi connectivity index (χ4v) is 3.52. The van der Waals surface area contributed by atoms with Crippen molar-refractivity contribution in [2.75, 3.05) is 7.11 Å². The predicted octanol–water partition coefficient (Wildman–Crippen LogP) is 3.62. The van der Waals surface area contributed by atoms with Gasteiger partial charge >= 0.3 is 0 Å². The monoisotopic (exact) mass is 357 g/mol. The van der Waals surface area contributed by atoms with E-state index in [-0.39, 0.29) is 11.9 Å². The van der Waals surface area contributed by atoms with E-state index in [9.17, 15) is 4.79 Å². The first-order valence-electron chi connectivity index (χ1n) is 9.33. The summed E-state index contributed by atoms with van der Waals surface area (Å²) in [5, 5.41) is 7.18. The van der Waals surface area contributed by atoms with Crippen LogP contribution < -0.4 is 10.1 Å². The van der Waals surface area contributed by atoms with Crippen molar-refractivity contribution in [1.82, 2.24) is 15.5 Å². The molecule has 6 heteroatoms. The van der Waals surface area contributed by atoms with Gasteiger partial charge in [0.25, 0.3) is 0 Å². The molecule has 0 bridgehead atoms. The Balaban J connectivity index is 1.53. The van der Waals surface area contributed by atoms with E-state index in [4.69, 9.17) is 9.26 Å². The fourth-order valence-electron chi connectivity index (χ4n) is 3.52. The zero-order chi connectivity index (χ0) is 18.5. The second kappa shape index (κ2) is 8.34. The van der Waals surface area contributed by atoms with Crippen LogP contribution in [-0.2, 0) is 11.2 Å². The van der Waals surface area contributed by atoms with Gasteiger partial charge < -0.3 is 14.6 Å². The molecule has 2 aromatic rings. The zero-order valence-electron chi connectivity index (χ0n) is 15.7. The van der Waals surface area contributed by atoms with Gasteiger partial charge in [0.15, 0.2) is 0 Å². The number of carbonyl (C=O) groups excluding carboxylic acids is 1. The highest BCUT2D eigenvalue weighted by Gasteiger charge is 2.28. The van der Waals surface area contributed by atoms with Crippen LogP contribution in [0, 0.1) is 11.8 Å². The molecule has 0 unspecified atom stereocenters. The summed E-state index contributed by atoms with van der Waals surface area (Å²) in [6, 6.07) is 7.77. The molecule has 140 valence electrons. The fraction of sp³-hybridized carbons (Fsp3) is 0.550. The number of nitrogens with one attached hydrogen (secondary N) is 1. The van der Waals surface area contributed by atoms with Gasteiger partial charge in [-0.15, -0.1) is 0 Å². The van der Waals surface area contributed by atoms with Crippen LogP contribution in [0.4, 0.5) is 0 Å². The van der Waals surface area contributed by atoms with E-state index in [1.165, 1.54) is 12.8 Å². The van der Waals surface area contributed by atoms with E-state index in [2.05, 4.69) is 29.3 Å². The topological polar surface area (TPSA) is 77.2 Å². The van der Waals surface area contributed by atoms with Crippen molar-refractivity contribution in [1.29, 1.82) is 0 Å². The van der Waals surface area contributed by atoms with E-state index in [1.54, 1.807) is 7.11 Å². The maximum absolute atomic E-state index is 12.3. The van der Waals surface area contributed by atoms with Gasteiger partial charge in [-0.1, -0.05) is 44.0 Å². The molecule has 0 radical (unpaired) electrons. The SMILES string of the molecule is COc1cccc(-c2noc(CCC(=O)N[C@@H]3CCC[C@H](C)[C@H]3C)n2)c1. The lowest BCUT2D eigenvalue weighted by Gasteiger charge is -2.34. The average Bonchev–Trinajstić information content (AvgIpc) is 3.13. The summed E-state index contributed by atoms with van der Waals surface area (Å²) < 4.78 is 10.5. The second-order valence-electron chi connectivity index (χ2n) is 7.18. The van der Waals surface area contributed by atoms with E-state index in [0.29, 0.717) is 36.4 Å². The van der Waals surface area contributed by atoms with Gasteiger partial charge in [-0.05, 0) is 30.4 Å². The summed E-state index contributed by atoms with van der Waals surface area (Å²) in [5.74, 6) is 2.96. The standard InChI is InChI=1S/C20H27N3O3/c1-13-6-4-9-17(14(13)2)21-18(24)10-11-19-22-20(23-26-19)15-7-5-8-16(12-15)25-3/h5,7-8,12-14,17H,4,6,9-11H2,1-3H3,(H,21,24)/t13-,14+,17+/m0/s1. The number of aromatic nitrogens is 2. The molecule has 6 nitrogen and oxygen atoms in total. The lowest BCUT2D eigenvalue weighted by Crippen LogP contribution is -2.43. The maximum atomic E-state index is 12.3. The number of ether oxygens (including phenoxy) is 1. The van der Waals surface area contributed by atoms with Gasteiger partial charge in [-0.25, -0.2) is 0 Å². The predicted molar refractivity (Wildman–Crippen MR) is 98.7 cm³/mol. The number of methoxy groups -OCH3 is 1. The van der Waals surface area contributed by atoms with Crippen LogP contribution in [0.1, 0.15) is 45.4 Å². The maximum Gasteiger partial charge on any atom is 0.227 e. The molecule has 1 heterocycles. The van der Waals surface area contributed by atoms with Crippen LogP contribution in [0.3, 0.4) is 0 Å². The minimum Gasteiger partial charge on any atom is -0.497 e. The van der Waals surface area contributed by atoms with E-state index >= 15 is 0 Å². The van der Waals surface area contributed by atoms with Crippen LogP contribution in [0.25, 0.3) is 11.4 Å². The van der Waals surface area contributed by atoms with E-state index in [0.717, 1.165) is 17.7 Å². The molecule has 3 atom stereocenters. The van der Waals surface area contributed by atoms with Crippen LogP contribution in [-0.4, -0.2) is 29.2 Å². The molecule has 1 fully saturated rings. The molecule has 0 aliphatic heterocycles. The van der Waals surface area contributed by atoms with Crippen molar-refractivity contribution >= 4 is 5.91 Å². The highest BCUT2D eigenvalue weighted by atomic mass is 16.5. The van der Waals surface area contributed by atoms with Gasteiger partial charge in [-0.2, -0.15) is 4.98 Å². The molecule has 1 aromatic heterocycles. The summed E-state index contributed by atoms with van der Waals surface area (Å²) in [7, 11) is 1.62. The van der Waals surface area contributed by atoms with Crippen LogP contribution in [0.15, 0.2) is 28.8 Å². The van der Waals surface area contributed by atoms with Crippen molar-refractivity contribution in [2.24, 2.45) is 11.8 Å². The second-order valence-corrected chi connectivity index (χ2v) is 7.18. The Morgan fingerprint density at radius 2 is 2.19 bits per heavy atom. The number of aryl methyl sites for hydroxylation is 1. The number of rotatable bonds is 6. The number of amides is 1. The van der Waals surface area contributed by atoms with Crippen molar-refractivity contribution < 1.29 is 14.1 Å². The van der Waals surface area contributed by atoms with Gasteiger partial charge in [0, 0.05) is 24.4 Å². The Kier molecular flexibility index (Phi) is 5.91. The molecule has 1 N–H and O–H groups in total. The minimum atomic E-state index is 0.0529. The van der Waals surface area contributed by atoms with E-state index < -0.39 is 0 Å². The number of hydrogen-bond donors (Lipinski definition) is 1. The molecule has 3 rings (SSSR count). The third kappa shape index (κ3) is 4.42. The largest absolute Gasteiger partial charge is 0.497 e. The van der Waals surface area contributed by atoms with Gasteiger partial charge in [0.2, 0.25) is 17.6 Å². The van der Waals surface area contributed by atoms with E-state index in [1.807, 2.05) is 24.3 Å². The summed E-state index contributed by atoms with van der Waals surface area (Å²) in [6.45, 7) is 4.49. The van der Waals surface area contributed by atoms with Crippen molar-refractivity contribution in [3.63, 3.8) is 0 Å². The summed E-state index contributed by atoms with van der Waals surface area (Å²) >= 11 is 0. The van der Waals surface area contributed by atoms with Gasteiger partial charge in [0.1, 0.15) is 5.75 Å². The first-order valence-corrected chi connectivity index (χ1v) is 9.33. The Morgan fingerprint density at radius 1 is 1.35 bits per heavy atom. The van der Waals surface area contributed by atoms with Crippen molar-refractivity contribution in [3.05, 3.63) is 30.2 Å². The lowest BCUT2D eigenvalue weighted by molar-refractivity contribution is -0.122. The zero-order valence-corrected chi connectivity index (χ0v) is 15.7. The Hall–Kier alpha value is -2.37. The highest BCUT2D eigenvalue weighted by molar-refractivity contribution is 5.76. The first-order chi connectivity index (χ1) is 12.6. The molecular formula is C20H27N3O3. The molecule has 1 saturated carbocycles. The molecule has 1 aromatic carbocycles. The molecule has 1 aliphatic rings. The smallest absolute Gasteiger partial charge is 0.227 e. The number of nitrogens with zero attached hydrogens (tertiary/aromatic N) is 2. The molecule has 1 aliphatic carbocycles. The molecule has 0 saturated heterocycles. The Labute approximate surface area is 154 Å². The van der Waals surface area contributed by atoms with Crippen LogP contribution >= 0.6 is 0 Å².